The predicted octanol–water partition coefficient (Wildman–Crippen LogP) is 2.44. The molecule has 5 heteroatoms. The Kier molecular flexibility index (Phi) is 4.50. The molecule has 1 aromatic heterocycles. The van der Waals surface area contributed by atoms with Crippen molar-refractivity contribution in [2.75, 3.05) is 32.1 Å². The van der Waals surface area contributed by atoms with Gasteiger partial charge < -0.3 is 19.5 Å². The van der Waals surface area contributed by atoms with E-state index in [2.05, 4.69) is 39.8 Å². The highest BCUT2D eigenvalue weighted by Gasteiger charge is 2.32. The third kappa shape index (κ3) is 3.24. The van der Waals surface area contributed by atoms with Gasteiger partial charge in [-0.15, -0.1) is 0 Å². The summed E-state index contributed by atoms with van der Waals surface area (Å²) >= 11 is 0. The molecule has 5 nitrogen and oxygen atoms in total. The topological polar surface area (TPSA) is 42.3 Å². The summed E-state index contributed by atoms with van der Waals surface area (Å²) in [6.45, 7) is 7.48. The van der Waals surface area contributed by atoms with E-state index >= 15 is 0 Å². The maximum Gasteiger partial charge on any atom is 0.203 e. The zero-order valence-corrected chi connectivity index (χ0v) is 13.5. The Balaban J connectivity index is 1.67. The molecule has 1 N–H and O–H groups in total. The zero-order valence-electron chi connectivity index (χ0n) is 13.5. The number of anilines is 1. The third-order valence-corrected chi connectivity index (χ3v) is 4.89. The Bertz CT molecular complexity index is 473. The normalized spacial score (nSPS) is 27.6. The summed E-state index contributed by atoms with van der Waals surface area (Å²) in [5.74, 6) is 1.01. The van der Waals surface area contributed by atoms with Crippen LogP contribution in [0.2, 0.25) is 0 Å². The van der Waals surface area contributed by atoms with Crippen LogP contribution in [0, 0.1) is 6.92 Å². The highest BCUT2D eigenvalue weighted by Crippen LogP contribution is 2.29. The Morgan fingerprint density at radius 2 is 2.29 bits per heavy atom. The number of nitrogens with zero attached hydrogens (tertiary/aromatic N) is 3. The highest BCUT2D eigenvalue weighted by molar-refractivity contribution is 5.31. The molecule has 118 valence electrons. The average Bonchev–Trinajstić information content (AvgIpc) is 3.05. The number of fused-ring (bicyclic) bond motifs is 1. The molecule has 2 fully saturated rings. The van der Waals surface area contributed by atoms with Crippen molar-refractivity contribution < 1.29 is 4.74 Å². The van der Waals surface area contributed by atoms with Crippen LogP contribution in [0.3, 0.4) is 0 Å². The fraction of sp³-hybridized carbons (Fsp3) is 0.812. The van der Waals surface area contributed by atoms with Crippen molar-refractivity contribution in [2.24, 2.45) is 0 Å². The molecule has 2 aliphatic rings. The lowest BCUT2D eigenvalue weighted by Gasteiger charge is -2.35. The molecule has 3 heterocycles. The summed E-state index contributed by atoms with van der Waals surface area (Å²) < 4.78 is 7.51. The van der Waals surface area contributed by atoms with E-state index in [-0.39, 0.29) is 0 Å². The second kappa shape index (κ2) is 6.36. The molecule has 0 aliphatic carbocycles. The molecule has 3 unspecified atom stereocenters. The maximum atomic E-state index is 5.29. The monoisotopic (exact) mass is 292 g/mol. The third-order valence-electron chi connectivity index (χ3n) is 4.89. The van der Waals surface area contributed by atoms with Crippen LogP contribution in [0.15, 0.2) is 6.20 Å². The molecule has 0 saturated carbocycles. The van der Waals surface area contributed by atoms with Crippen molar-refractivity contribution in [3.63, 3.8) is 0 Å². The van der Waals surface area contributed by atoms with Gasteiger partial charge in [-0.05, 0) is 46.1 Å². The summed E-state index contributed by atoms with van der Waals surface area (Å²) in [5.41, 5.74) is 1.07. The van der Waals surface area contributed by atoms with Crippen LogP contribution in [0.1, 0.15) is 44.3 Å². The summed E-state index contributed by atoms with van der Waals surface area (Å²) in [7, 11) is 1.75. The molecular weight excluding hydrogens is 264 g/mol. The number of aryl methyl sites for hydroxylation is 1. The maximum absolute atomic E-state index is 5.29. The summed E-state index contributed by atoms with van der Waals surface area (Å²) in [6, 6.07) is 1.65. The fourth-order valence-electron chi connectivity index (χ4n) is 3.82. The molecule has 2 saturated heterocycles. The van der Waals surface area contributed by atoms with Crippen LogP contribution in [0.5, 0.6) is 0 Å². The lowest BCUT2D eigenvalue weighted by atomic mass is 9.98. The number of aromatic nitrogens is 2. The number of rotatable bonds is 5. The van der Waals surface area contributed by atoms with E-state index in [1.807, 2.05) is 0 Å². The number of nitrogens with one attached hydrogen (secondary N) is 1. The summed E-state index contributed by atoms with van der Waals surface area (Å²) in [4.78, 5) is 7.33. The van der Waals surface area contributed by atoms with E-state index in [4.69, 9.17) is 4.74 Å². The van der Waals surface area contributed by atoms with Gasteiger partial charge in [0.25, 0.3) is 0 Å². The molecule has 0 bridgehead atoms. The van der Waals surface area contributed by atoms with Crippen molar-refractivity contribution >= 4 is 5.95 Å². The lowest BCUT2D eigenvalue weighted by Crippen LogP contribution is -2.43. The van der Waals surface area contributed by atoms with E-state index in [0.29, 0.717) is 18.7 Å². The van der Waals surface area contributed by atoms with E-state index in [9.17, 15) is 0 Å². The van der Waals surface area contributed by atoms with Gasteiger partial charge in [-0.1, -0.05) is 0 Å². The first-order valence-corrected chi connectivity index (χ1v) is 8.22. The van der Waals surface area contributed by atoms with Crippen molar-refractivity contribution in [2.45, 2.75) is 57.7 Å². The van der Waals surface area contributed by atoms with Crippen LogP contribution in [0.4, 0.5) is 5.95 Å². The van der Waals surface area contributed by atoms with Gasteiger partial charge in [-0.25, -0.2) is 4.98 Å². The first-order chi connectivity index (χ1) is 10.2. The molecule has 0 amide bonds. The van der Waals surface area contributed by atoms with Gasteiger partial charge >= 0.3 is 0 Å². The smallest absolute Gasteiger partial charge is 0.203 e. The average molecular weight is 292 g/mol. The first-order valence-electron chi connectivity index (χ1n) is 8.22. The molecule has 1 aromatic rings. The molecule has 21 heavy (non-hydrogen) atoms. The van der Waals surface area contributed by atoms with Crippen molar-refractivity contribution in [3.8, 4) is 0 Å². The van der Waals surface area contributed by atoms with Gasteiger partial charge in [0.05, 0.1) is 18.3 Å². The largest absolute Gasteiger partial charge is 0.383 e. The van der Waals surface area contributed by atoms with Gasteiger partial charge in [-0.3, -0.25) is 0 Å². The fourth-order valence-corrected chi connectivity index (χ4v) is 3.82. The van der Waals surface area contributed by atoms with Crippen LogP contribution >= 0.6 is 0 Å². The Morgan fingerprint density at radius 1 is 1.43 bits per heavy atom. The lowest BCUT2D eigenvalue weighted by molar-refractivity contribution is 0.162. The Hall–Kier alpha value is -1.07. The quantitative estimate of drug-likeness (QED) is 0.905. The van der Waals surface area contributed by atoms with Gasteiger partial charge in [0.2, 0.25) is 5.95 Å². The van der Waals surface area contributed by atoms with Gasteiger partial charge in [-0.2, -0.15) is 0 Å². The number of imidazole rings is 1. The summed E-state index contributed by atoms with van der Waals surface area (Å²) in [6.07, 6.45) is 7.34. The standard InChI is InChI=1S/C16H28N4O/c1-12-10-20(13(2)11-21-3)16(17-12)18-14-6-8-19-7-4-5-15(19)9-14/h10,13-15H,4-9,11H2,1-3H3,(H,17,18). The van der Waals surface area contributed by atoms with Crippen LogP contribution in [0.25, 0.3) is 0 Å². The second-order valence-electron chi connectivity index (χ2n) is 6.62. The number of hydrogen-bond acceptors (Lipinski definition) is 4. The van der Waals surface area contributed by atoms with Gasteiger partial charge in [0.15, 0.2) is 0 Å². The SMILES string of the molecule is COCC(C)n1cc(C)nc1NC1CCN2CCCC2C1. The molecule has 2 aliphatic heterocycles. The van der Waals surface area contributed by atoms with E-state index in [1.165, 1.54) is 38.8 Å². The zero-order chi connectivity index (χ0) is 14.8. The summed E-state index contributed by atoms with van der Waals surface area (Å²) in [5, 5.41) is 3.69. The molecule has 0 spiro atoms. The van der Waals surface area contributed by atoms with Crippen molar-refractivity contribution in [3.05, 3.63) is 11.9 Å². The Labute approximate surface area is 127 Å². The highest BCUT2D eigenvalue weighted by atomic mass is 16.5. The van der Waals surface area contributed by atoms with Gasteiger partial charge in [0, 0.05) is 31.9 Å². The van der Waals surface area contributed by atoms with Crippen LogP contribution in [-0.4, -0.2) is 53.3 Å². The van der Waals surface area contributed by atoms with E-state index < -0.39 is 0 Å². The van der Waals surface area contributed by atoms with Crippen molar-refractivity contribution in [1.29, 1.82) is 0 Å². The minimum Gasteiger partial charge on any atom is -0.383 e. The minimum atomic E-state index is 0.310. The van der Waals surface area contributed by atoms with E-state index in [0.717, 1.165) is 17.7 Å². The molecule has 3 atom stereocenters. The molecular formula is C16H28N4O. The van der Waals surface area contributed by atoms with Gasteiger partial charge in [0.1, 0.15) is 0 Å². The number of ether oxygens (including phenoxy) is 1. The van der Waals surface area contributed by atoms with Crippen LogP contribution < -0.4 is 5.32 Å². The molecule has 0 aromatic carbocycles. The van der Waals surface area contributed by atoms with E-state index in [1.54, 1.807) is 7.11 Å². The molecule has 3 rings (SSSR count). The predicted molar refractivity (Wildman–Crippen MR) is 84.8 cm³/mol. The second-order valence-corrected chi connectivity index (χ2v) is 6.62. The minimum absolute atomic E-state index is 0.310. The number of piperidine rings is 1. The first kappa shape index (κ1) is 14.9. The number of methoxy groups -OCH3 is 1. The van der Waals surface area contributed by atoms with Crippen molar-refractivity contribution in [1.82, 2.24) is 14.5 Å². The molecule has 0 radical (unpaired) electrons. The van der Waals surface area contributed by atoms with Crippen LogP contribution in [-0.2, 0) is 4.74 Å². The number of hydrogen-bond donors (Lipinski definition) is 1. The Morgan fingerprint density at radius 3 is 3.10 bits per heavy atom.